The van der Waals surface area contributed by atoms with E-state index in [1.165, 1.54) is 6.07 Å². The third-order valence-corrected chi connectivity index (χ3v) is 7.29. The van der Waals surface area contributed by atoms with E-state index in [1.54, 1.807) is 21.8 Å². The van der Waals surface area contributed by atoms with Gasteiger partial charge in [0.2, 0.25) is 11.8 Å². The number of aryl methyl sites for hydroxylation is 1. The molecule has 0 N–H and O–H groups in total. The number of amides is 2. The summed E-state index contributed by atoms with van der Waals surface area (Å²) in [4.78, 5) is 30.0. The van der Waals surface area contributed by atoms with Crippen LogP contribution in [0, 0.1) is 11.7 Å². The molecular weight excluding hydrogens is 419 g/mol. The Morgan fingerprint density at radius 3 is 2.73 bits per heavy atom. The minimum Gasteiger partial charge on any atom is -0.341 e. The molecule has 3 aliphatic rings. The van der Waals surface area contributed by atoms with E-state index in [2.05, 4.69) is 5.10 Å². The molecule has 1 spiro atoms. The van der Waals surface area contributed by atoms with Crippen LogP contribution in [0.15, 0.2) is 54.9 Å². The van der Waals surface area contributed by atoms with Gasteiger partial charge in [0.15, 0.2) is 0 Å². The molecule has 1 aliphatic carbocycles. The van der Waals surface area contributed by atoms with Crippen molar-refractivity contribution in [2.24, 2.45) is 13.0 Å². The van der Waals surface area contributed by atoms with Crippen molar-refractivity contribution < 1.29 is 14.0 Å². The van der Waals surface area contributed by atoms with Crippen molar-refractivity contribution in [3.63, 3.8) is 0 Å². The van der Waals surface area contributed by atoms with Crippen LogP contribution < -0.4 is 4.90 Å². The first-order chi connectivity index (χ1) is 16.0. The van der Waals surface area contributed by atoms with Crippen molar-refractivity contribution in [2.75, 3.05) is 18.0 Å². The van der Waals surface area contributed by atoms with E-state index >= 15 is 4.39 Å². The molecule has 7 heteroatoms. The zero-order chi connectivity index (χ0) is 22.7. The van der Waals surface area contributed by atoms with Gasteiger partial charge in [-0.1, -0.05) is 30.3 Å². The van der Waals surface area contributed by atoms with Crippen LogP contribution >= 0.6 is 0 Å². The smallest absolute Gasteiger partial charge is 0.239 e. The summed E-state index contributed by atoms with van der Waals surface area (Å²) in [7, 11) is 1.82. The van der Waals surface area contributed by atoms with Crippen molar-refractivity contribution in [1.29, 1.82) is 0 Å². The van der Waals surface area contributed by atoms with Gasteiger partial charge in [-0.2, -0.15) is 5.10 Å². The standard InChI is InChI=1S/C26H25FN4O2/c1-29-14-20(13-28-29)18-8-9-19(22(27)12-18)15-31-23-5-3-2-4-21(23)26(25(31)33)10-11-30(16-26)24(32)17-6-7-17/h2-5,8-9,12-14,17H,6-7,10-11,15-16H2,1H3. The van der Waals surface area contributed by atoms with Crippen molar-refractivity contribution in [3.8, 4) is 11.1 Å². The van der Waals surface area contributed by atoms with E-state index in [4.69, 9.17) is 0 Å². The predicted molar refractivity (Wildman–Crippen MR) is 122 cm³/mol. The molecule has 2 aliphatic heterocycles. The van der Waals surface area contributed by atoms with E-state index < -0.39 is 5.41 Å². The van der Waals surface area contributed by atoms with Gasteiger partial charge in [-0.15, -0.1) is 0 Å². The molecule has 1 aromatic heterocycles. The van der Waals surface area contributed by atoms with E-state index in [1.807, 2.05) is 48.5 Å². The topological polar surface area (TPSA) is 58.4 Å². The SMILES string of the molecule is Cn1cc(-c2ccc(CN3C(=O)C4(CCN(C(=O)C5CC5)C4)c4ccccc43)c(F)c2)cn1. The number of halogens is 1. The Balaban J connectivity index is 1.30. The molecule has 1 saturated carbocycles. The number of carbonyl (C=O) groups excluding carboxylic acids is 2. The van der Waals surface area contributed by atoms with Gasteiger partial charge in [-0.3, -0.25) is 14.3 Å². The Morgan fingerprint density at radius 1 is 1.18 bits per heavy atom. The van der Waals surface area contributed by atoms with Gasteiger partial charge in [0, 0.05) is 49.1 Å². The molecule has 2 amide bonds. The molecule has 2 fully saturated rings. The molecule has 1 atom stereocenters. The molecule has 1 saturated heterocycles. The second-order valence-electron chi connectivity index (χ2n) is 9.48. The van der Waals surface area contributed by atoms with Gasteiger partial charge >= 0.3 is 0 Å². The number of fused-ring (bicyclic) bond motifs is 2. The first-order valence-corrected chi connectivity index (χ1v) is 11.4. The first kappa shape index (κ1) is 20.1. The maximum absolute atomic E-state index is 15.1. The fourth-order valence-electron chi connectivity index (χ4n) is 5.33. The summed E-state index contributed by atoms with van der Waals surface area (Å²) in [6, 6.07) is 12.9. The highest BCUT2D eigenvalue weighted by Gasteiger charge is 2.55. The number of nitrogens with zero attached hydrogens (tertiary/aromatic N) is 4. The molecule has 2 aromatic carbocycles. The van der Waals surface area contributed by atoms with Gasteiger partial charge in [0.05, 0.1) is 18.2 Å². The zero-order valence-electron chi connectivity index (χ0n) is 18.5. The average Bonchev–Trinajstić information content (AvgIpc) is 3.35. The lowest BCUT2D eigenvalue weighted by Crippen LogP contribution is -2.43. The Kier molecular flexibility index (Phi) is 4.44. The number of carbonyl (C=O) groups is 2. The summed E-state index contributed by atoms with van der Waals surface area (Å²) in [5, 5.41) is 4.15. The van der Waals surface area contributed by atoms with Gasteiger partial charge in [-0.25, -0.2) is 4.39 Å². The van der Waals surface area contributed by atoms with Gasteiger partial charge in [0.1, 0.15) is 5.82 Å². The lowest BCUT2D eigenvalue weighted by atomic mass is 9.81. The van der Waals surface area contributed by atoms with E-state index in [9.17, 15) is 9.59 Å². The van der Waals surface area contributed by atoms with E-state index in [0.717, 1.165) is 35.2 Å². The maximum atomic E-state index is 15.1. The van der Waals surface area contributed by atoms with Gasteiger partial charge in [-0.05, 0) is 42.5 Å². The number of likely N-dealkylation sites (tertiary alicyclic amines) is 1. The normalized spacial score (nSPS) is 21.8. The molecule has 168 valence electrons. The minimum atomic E-state index is -0.729. The van der Waals surface area contributed by atoms with Crippen LogP contribution in [0.4, 0.5) is 10.1 Å². The summed E-state index contributed by atoms with van der Waals surface area (Å²) in [6.45, 7) is 1.17. The van der Waals surface area contributed by atoms with Crippen LogP contribution in [0.2, 0.25) is 0 Å². The molecule has 1 unspecified atom stereocenters. The summed E-state index contributed by atoms with van der Waals surface area (Å²) >= 11 is 0. The largest absolute Gasteiger partial charge is 0.341 e. The third kappa shape index (κ3) is 3.17. The van der Waals surface area contributed by atoms with Crippen molar-refractivity contribution in [3.05, 3.63) is 71.8 Å². The number of benzene rings is 2. The van der Waals surface area contributed by atoms with Crippen molar-refractivity contribution in [2.45, 2.75) is 31.2 Å². The summed E-state index contributed by atoms with van der Waals surface area (Å²) in [6.07, 6.45) is 6.06. The zero-order valence-corrected chi connectivity index (χ0v) is 18.5. The Labute approximate surface area is 191 Å². The third-order valence-electron chi connectivity index (χ3n) is 7.29. The summed E-state index contributed by atoms with van der Waals surface area (Å²) in [5.41, 5.74) is 3.10. The second kappa shape index (κ2) is 7.27. The van der Waals surface area contributed by atoms with Crippen LogP contribution in [0.5, 0.6) is 0 Å². The van der Waals surface area contributed by atoms with Crippen LogP contribution in [0.3, 0.4) is 0 Å². The summed E-state index contributed by atoms with van der Waals surface area (Å²) < 4.78 is 16.8. The Hall–Kier alpha value is -3.48. The Morgan fingerprint density at radius 2 is 2.00 bits per heavy atom. The number of hydrogen-bond acceptors (Lipinski definition) is 3. The maximum Gasteiger partial charge on any atom is 0.239 e. The highest BCUT2D eigenvalue weighted by atomic mass is 19.1. The fraction of sp³-hybridized carbons (Fsp3) is 0.346. The molecule has 6 nitrogen and oxygen atoms in total. The van der Waals surface area contributed by atoms with E-state index in [0.29, 0.717) is 25.1 Å². The lowest BCUT2D eigenvalue weighted by molar-refractivity contribution is -0.132. The van der Waals surface area contributed by atoms with Gasteiger partial charge < -0.3 is 9.80 Å². The van der Waals surface area contributed by atoms with Crippen LogP contribution in [0.1, 0.15) is 30.4 Å². The molecule has 3 aromatic rings. The quantitative estimate of drug-likeness (QED) is 0.617. The number of hydrogen-bond donors (Lipinski definition) is 0. The minimum absolute atomic E-state index is 0.0365. The van der Waals surface area contributed by atoms with Crippen molar-refractivity contribution >= 4 is 17.5 Å². The summed E-state index contributed by atoms with van der Waals surface area (Å²) in [5.74, 6) is -0.0758. The van der Waals surface area contributed by atoms with Crippen molar-refractivity contribution in [1.82, 2.24) is 14.7 Å². The predicted octanol–water partition coefficient (Wildman–Crippen LogP) is 3.65. The molecule has 0 bridgehead atoms. The van der Waals surface area contributed by atoms with Crippen LogP contribution in [0.25, 0.3) is 11.1 Å². The highest BCUT2D eigenvalue weighted by Crippen LogP contribution is 2.48. The molecule has 3 heterocycles. The second-order valence-corrected chi connectivity index (χ2v) is 9.48. The Bertz CT molecular complexity index is 1280. The molecule has 0 radical (unpaired) electrons. The average molecular weight is 445 g/mol. The van der Waals surface area contributed by atoms with Gasteiger partial charge in [0.25, 0.3) is 0 Å². The number of aromatic nitrogens is 2. The molecule has 6 rings (SSSR count). The lowest BCUT2D eigenvalue weighted by Gasteiger charge is -2.25. The number of para-hydroxylation sites is 1. The van der Waals surface area contributed by atoms with E-state index in [-0.39, 0.29) is 30.1 Å². The van der Waals surface area contributed by atoms with Crippen LogP contribution in [-0.2, 0) is 28.6 Å². The highest BCUT2D eigenvalue weighted by molar-refractivity contribution is 6.09. The fourth-order valence-corrected chi connectivity index (χ4v) is 5.33. The number of anilines is 1. The molecule has 33 heavy (non-hydrogen) atoms. The number of rotatable bonds is 4. The monoisotopic (exact) mass is 444 g/mol. The van der Waals surface area contributed by atoms with Crippen LogP contribution in [-0.4, -0.2) is 39.6 Å². The first-order valence-electron chi connectivity index (χ1n) is 11.4. The molecular formula is C26H25FN4O2.